The molecule has 2 heterocycles. The number of carbonyl (C=O) groups excluding carboxylic acids is 1. The zero-order valence-corrected chi connectivity index (χ0v) is 17.2. The second-order valence-electron chi connectivity index (χ2n) is 7.55. The standard InChI is InChI=1S/C25H21N3O4/c29-24(26-14-18-16-31-21-12-6-7-13-22(21)32-18)23-19-10-4-5-11-20(19)25(30)28(27-23)15-17-8-2-1-3-9-17/h1-13,18H,14-16H2,(H,26,29). The lowest BCUT2D eigenvalue weighted by atomic mass is 10.1. The highest BCUT2D eigenvalue weighted by Gasteiger charge is 2.23. The number of benzene rings is 3. The summed E-state index contributed by atoms with van der Waals surface area (Å²) in [5.41, 5.74) is 0.894. The van der Waals surface area contributed by atoms with Crippen LogP contribution in [0.1, 0.15) is 16.1 Å². The van der Waals surface area contributed by atoms with Gasteiger partial charge in [0.15, 0.2) is 17.2 Å². The van der Waals surface area contributed by atoms with Crippen molar-refractivity contribution in [1.82, 2.24) is 15.1 Å². The molecule has 0 spiro atoms. The number of fused-ring (bicyclic) bond motifs is 2. The van der Waals surface area contributed by atoms with Gasteiger partial charge in [-0.05, 0) is 23.8 Å². The van der Waals surface area contributed by atoms with Crippen molar-refractivity contribution in [2.24, 2.45) is 0 Å². The number of rotatable bonds is 5. The second kappa shape index (κ2) is 8.55. The third-order valence-corrected chi connectivity index (χ3v) is 5.32. The third-order valence-electron chi connectivity index (χ3n) is 5.32. The molecule has 1 atom stereocenters. The van der Waals surface area contributed by atoms with Crippen LogP contribution < -0.4 is 20.3 Å². The largest absolute Gasteiger partial charge is 0.486 e. The van der Waals surface area contributed by atoms with Gasteiger partial charge in [-0.3, -0.25) is 9.59 Å². The molecule has 1 amide bonds. The van der Waals surface area contributed by atoms with Crippen molar-refractivity contribution in [1.29, 1.82) is 0 Å². The Hall–Kier alpha value is -4.13. The van der Waals surface area contributed by atoms with Gasteiger partial charge in [-0.25, -0.2) is 4.68 Å². The minimum atomic E-state index is -0.370. The number of aromatic nitrogens is 2. The molecule has 1 aliphatic heterocycles. The maximum atomic E-state index is 13.1. The predicted molar refractivity (Wildman–Crippen MR) is 120 cm³/mol. The Morgan fingerprint density at radius 2 is 1.62 bits per heavy atom. The van der Waals surface area contributed by atoms with Gasteiger partial charge in [0, 0.05) is 5.39 Å². The van der Waals surface area contributed by atoms with Crippen molar-refractivity contribution in [3.63, 3.8) is 0 Å². The SMILES string of the molecule is O=C(NCC1COc2ccccc2O1)c1nn(Cc2ccccc2)c(=O)c2ccccc12. The molecule has 1 unspecified atom stereocenters. The summed E-state index contributed by atoms with van der Waals surface area (Å²) in [6.07, 6.45) is -0.324. The molecule has 1 aliphatic rings. The molecule has 1 aromatic heterocycles. The van der Waals surface area contributed by atoms with Crippen molar-refractivity contribution in [3.05, 3.63) is 100 Å². The summed E-state index contributed by atoms with van der Waals surface area (Å²) in [5, 5.41) is 8.27. The smallest absolute Gasteiger partial charge is 0.274 e. The quantitative estimate of drug-likeness (QED) is 0.530. The van der Waals surface area contributed by atoms with Crippen LogP contribution in [-0.4, -0.2) is 34.9 Å². The lowest BCUT2D eigenvalue weighted by molar-refractivity contribution is 0.0786. The third kappa shape index (κ3) is 3.92. The first-order valence-corrected chi connectivity index (χ1v) is 10.4. The van der Waals surface area contributed by atoms with Crippen molar-refractivity contribution in [2.45, 2.75) is 12.6 Å². The van der Waals surface area contributed by atoms with Gasteiger partial charge in [-0.2, -0.15) is 5.10 Å². The van der Waals surface area contributed by atoms with Crippen LogP contribution >= 0.6 is 0 Å². The Morgan fingerprint density at radius 3 is 2.44 bits per heavy atom. The second-order valence-corrected chi connectivity index (χ2v) is 7.55. The van der Waals surface area contributed by atoms with Gasteiger partial charge in [0.05, 0.1) is 18.5 Å². The number of amides is 1. The van der Waals surface area contributed by atoms with E-state index in [0.717, 1.165) is 5.56 Å². The van der Waals surface area contributed by atoms with E-state index >= 15 is 0 Å². The molecule has 7 heteroatoms. The van der Waals surface area contributed by atoms with E-state index in [1.165, 1.54) is 4.68 Å². The van der Waals surface area contributed by atoms with E-state index in [-0.39, 0.29) is 36.4 Å². The summed E-state index contributed by atoms with van der Waals surface area (Å²) in [5.74, 6) is 0.971. The first-order valence-electron chi connectivity index (χ1n) is 10.4. The molecule has 160 valence electrons. The number of hydrogen-bond donors (Lipinski definition) is 1. The zero-order chi connectivity index (χ0) is 21.9. The number of ether oxygens (including phenoxy) is 2. The average molecular weight is 427 g/mol. The molecule has 0 fully saturated rings. The summed E-state index contributed by atoms with van der Waals surface area (Å²) in [7, 11) is 0. The van der Waals surface area contributed by atoms with Crippen LogP contribution in [0, 0.1) is 0 Å². The number of hydrogen-bond acceptors (Lipinski definition) is 5. The maximum absolute atomic E-state index is 13.1. The van der Waals surface area contributed by atoms with Crippen LogP contribution in [0.4, 0.5) is 0 Å². The summed E-state index contributed by atoms with van der Waals surface area (Å²) in [6.45, 7) is 0.862. The molecule has 0 radical (unpaired) electrons. The maximum Gasteiger partial charge on any atom is 0.274 e. The fourth-order valence-corrected chi connectivity index (χ4v) is 3.72. The van der Waals surface area contributed by atoms with Gasteiger partial charge in [0.2, 0.25) is 0 Å². The van der Waals surface area contributed by atoms with E-state index in [9.17, 15) is 9.59 Å². The minimum absolute atomic E-state index is 0.202. The van der Waals surface area contributed by atoms with Crippen LogP contribution in [0.15, 0.2) is 83.7 Å². The summed E-state index contributed by atoms with van der Waals surface area (Å²) >= 11 is 0. The topological polar surface area (TPSA) is 82.4 Å². The van der Waals surface area contributed by atoms with Crippen molar-refractivity contribution in [2.75, 3.05) is 13.2 Å². The van der Waals surface area contributed by atoms with Crippen LogP contribution in [-0.2, 0) is 6.54 Å². The number of carbonyl (C=O) groups is 1. The molecule has 7 nitrogen and oxygen atoms in total. The highest BCUT2D eigenvalue weighted by Crippen LogP contribution is 2.30. The Bertz CT molecular complexity index is 1330. The number of nitrogens with zero attached hydrogens (tertiary/aromatic N) is 2. The summed E-state index contributed by atoms with van der Waals surface area (Å²) < 4.78 is 13.0. The number of nitrogens with one attached hydrogen (secondary N) is 1. The molecule has 0 saturated heterocycles. The molecular formula is C25H21N3O4. The highest BCUT2D eigenvalue weighted by atomic mass is 16.6. The fraction of sp³-hybridized carbons (Fsp3) is 0.160. The first kappa shape index (κ1) is 19.8. The molecule has 3 aromatic carbocycles. The lowest BCUT2D eigenvalue weighted by Gasteiger charge is -2.26. The summed E-state index contributed by atoms with van der Waals surface area (Å²) in [4.78, 5) is 26.0. The molecule has 0 aliphatic carbocycles. The Labute approximate surface area is 184 Å². The number of para-hydroxylation sites is 2. The summed E-state index contributed by atoms with van der Waals surface area (Å²) in [6, 6.07) is 24.0. The zero-order valence-electron chi connectivity index (χ0n) is 17.2. The van der Waals surface area contributed by atoms with Crippen LogP contribution in [0.25, 0.3) is 10.8 Å². The molecule has 5 rings (SSSR count). The normalized spacial score (nSPS) is 14.8. The lowest BCUT2D eigenvalue weighted by Crippen LogP contribution is -2.41. The van der Waals surface area contributed by atoms with Gasteiger partial charge in [-0.1, -0.05) is 60.7 Å². The molecule has 1 N–H and O–H groups in total. The monoisotopic (exact) mass is 427 g/mol. The van der Waals surface area contributed by atoms with Crippen molar-refractivity contribution in [3.8, 4) is 11.5 Å². The Balaban J connectivity index is 1.40. The van der Waals surface area contributed by atoms with Crippen LogP contribution in [0.2, 0.25) is 0 Å². The molecule has 0 saturated carbocycles. The Morgan fingerprint density at radius 1 is 0.938 bits per heavy atom. The molecule has 0 bridgehead atoms. The van der Waals surface area contributed by atoms with Gasteiger partial charge < -0.3 is 14.8 Å². The molecular weight excluding hydrogens is 406 g/mol. The van der Waals surface area contributed by atoms with E-state index in [1.807, 2.05) is 54.6 Å². The molecule has 32 heavy (non-hydrogen) atoms. The minimum Gasteiger partial charge on any atom is -0.486 e. The van der Waals surface area contributed by atoms with Gasteiger partial charge in [0.25, 0.3) is 11.5 Å². The molecule has 4 aromatic rings. The van der Waals surface area contributed by atoms with Crippen molar-refractivity contribution >= 4 is 16.7 Å². The van der Waals surface area contributed by atoms with E-state index in [1.54, 1.807) is 24.3 Å². The fourth-order valence-electron chi connectivity index (χ4n) is 3.72. The average Bonchev–Trinajstić information content (AvgIpc) is 2.85. The van der Waals surface area contributed by atoms with Crippen LogP contribution in [0.3, 0.4) is 0 Å². The van der Waals surface area contributed by atoms with E-state index < -0.39 is 0 Å². The van der Waals surface area contributed by atoms with Gasteiger partial charge in [-0.15, -0.1) is 0 Å². The Kier molecular flexibility index (Phi) is 5.29. The van der Waals surface area contributed by atoms with Crippen LogP contribution in [0.5, 0.6) is 11.5 Å². The highest BCUT2D eigenvalue weighted by molar-refractivity contribution is 6.04. The van der Waals surface area contributed by atoms with Crippen molar-refractivity contribution < 1.29 is 14.3 Å². The predicted octanol–water partition coefficient (Wildman–Crippen LogP) is 3.01. The van der Waals surface area contributed by atoms with Gasteiger partial charge >= 0.3 is 0 Å². The first-order chi connectivity index (χ1) is 15.7. The van der Waals surface area contributed by atoms with E-state index in [0.29, 0.717) is 28.9 Å². The van der Waals surface area contributed by atoms with E-state index in [4.69, 9.17) is 9.47 Å². The van der Waals surface area contributed by atoms with Gasteiger partial charge in [0.1, 0.15) is 12.7 Å². The van der Waals surface area contributed by atoms with E-state index in [2.05, 4.69) is 10.4 Å².